The number of unbranched alkanes of at least 4 members (excludes halogenated alkanes) is 9. The number of amides is 2. The average molecular weight is 654 g/mol. The van der Waals surface area contributed by atoms with Gasteiger partial charge in [0.25, 0.3) is 0 Å². The van der Waals surface area contributed by atoms with Crippen LogP contribution in [0.15, 0.2) is 18.2 Å². The van der Waals surface area contributed by atoms with Crippen molar-refractivity contribution in [2.24, 2.45) is 5.73 Å². The fourth-order valence-corrected chi connectivity index (χ4v) is 4.60. The molecule has 0 saturated carbocycles. The summed E-state index contributed by atoms with van der Waals surface area (Å²) < 4.78 is 84.7. The van der Waals surface area contributed by atoms with E-state index in [1.165, 1.54) is 32.6 Å². The summed E-state index contributed by atoms with van der Waals surface area (Å²) in [5.74, 6) is -4.05. The molecule has 0 saturated heterocycles. The van der Waals surface area contributed by atoms with Crippen LogP contribution in [0.5, 0.6) is 0 Å². The minimum absolute atomic E-state index is 0.209. The minimum Gasteiger partial charge on any atom is -0.454 e. The molecule has 45 heavy (non-hydrogen) atoms. The van der Waals surface area contributed by atoms with Crippen LogP contribution in [0.25, 0.3) is 0 Å². The number of rotatable bonds is 21. The molecule has 256 valence electrons. The summed E-state index contributed by atoms with van der Waals surface area (Å²) in [4.78, 5) is 50.4. The monoisotopic (exact) mass is 653 g/mol. The lowest BCUT2D eigenvalue weighted by Crippen LogP contribution is -2.51. The van der Waals surface area contributed by atoms with Gasteiger partial charge in [0, 0.05) is 6.42 Å². The molecule has 1 aromatic rings. The van der Waals surface area contributed by atoms with Crippen molar-refractivity contribution in [3.63, 3.8) is 0 Å². The van der Waals surface area contributed by atoms with Crippen molar-refractivity contribution in [1.29, 1.82) is 0 Å². The number of hydrogen-bond acceptors (Lipinski definition) is 6. The first kappa shape index (κ1) is 39.9. The number of carbonyl (C=O) groups excluding carboxylic acids is 4. The second kappa shape index (κ2) is 20.1. The van der Waals surface area contributed by atoms with Crippen LogP contribution in [0.2, 0.25) is 0 Å². The smallest absolute Gasteiger partial charge is 0.417 e. The number of ketones is 1. The first-order valence-corrected chi connectivity index (χ1v) is 15.4. The molecule has 0 aliphatic rings. The summed E-state index contributed by atoms with van der Waals surface area (Å²) in [5.41, 5.74) is 0.0200. The fraction of sp³-hybridized carbons (Fsp3) is 0.677. The molecule has 2 amide bonds. The molecule has 0 fully saturated rings. The van der Waals surface area contributed by atoms with Gasteiger partial charge in [0.05, 0.1) is 22.7 Å². The van der Waals surface area contributed by atoms with Gasteiger partial charge in [-0.05, 0) is 51.3 Å². The van der Waals surface area contributed by atoms with E-state index in [1.807, 2.05) is 0 Å². The van der Waals surface area contributed by atoms with Gasteiger partial charge in [-0.2, -0.15) is 26.3 Å². The molecule has 0 radical (unpaired) electrons. The quantitative estimate of drug-likeness (QED) is 0.0791. The summed E-state index contributed by atoms with van der Waals surface area (Å²) >= 11 is 0. The van der Waals surface area contributed by atoms with Crippen LogP contribution < -0.4 is 16.4 Å². The van der Waals surface area contributed by atoms with Crippen molar-refractivity contribution in [3.8, 4) is 0 Å². The van der Waals surface area contributed by atoms with Gasteiger partial charge >= 0.3 is 18.3 Å². The fourth-order valence-electron chi connectivity index (χ4n) is 4.60. The van der Waals surface area contributed by atoms with E-state index in [0.29, 0.717) is 44.0 Å². The Morgan fingerprint density at radius 3 is 1.84 bits per heavy atom. The molecule has 0 heterocycles. The Morgan fingerprint density at radius 1 is 0.800 bits per heavy atom. The molecular weight excluding hydrogens is 608 g/mol. The third-order valence-corrected chi connectivity index (χ3v) is 7.17. The Kier molecular flexibility index (Phi) is 17.8. The lowest BCUT2D eigenvalue weighted by Gasteiger charge is -2.21. The standard InChI is InChI=1S/C31H45F6N3O5/c1-3-4-5-6-7-8-9-10-11-18-26(42)40-24(17-12-13-19-38)28(43)39-21(2)25(41)20-45-29(44)27-22(30(32,33)34)15-14-16-23(27)31(35,36)37/h14-16,21,24H,3-13,17-20,38H2,1-2H3,(H,39,43)(H,40,42)/t21-,24-/m0/s1. The van der Waals surface area contributed by atoms with Crippen molar-refractivity contribution in [3.05, 3.63) is 34.9 Å². The van der Waals surface area contributed by atoms with Crippen molar-refractivity contribution in [2.45, 2.75) is 122 Å². The molecule has 14 heteroatoms. The van der Waals surface area contributed by atoms with Crippen LogP contribution in [0.4, 0.5) is 26.3 Å². The van der Waals surface area contributed by atoms with Gasteiger partial charge in [-0.25, -0.2) is 4.79 Å². The highest BCUT2D eigenvalue weighted by Crippen LogP contribution is 2.39. The van der Waals surface area contributed by atoms with Gasteiger partial charge in [0.2, 0.25) is 11.8 Å². The number of esters is 1. The van der Waals surface area contributed by atoms with Crippen molar-refractivity contribution in [2.75, 3.05) is 13.2 Å². The molecule has 8 nitrogen and oxygen atoms in total. The SMILES string of the molecule is CCCCCCCCCCCC(=O)N[C@@H](CCCCN)C(=O)N[C@@H](C)C(=O)COC(=O)c1c(C(F)(F)F)cccc1C(F)(F)F. The van der Waals surface area contributed by atoms with Crippen LogP contribution >= 0.6 is 0 Å². The number of nitrogens with one attached hydrogen (secondary N) is 2. The molecule has 1 aromatic carbocycles. The zero-order chi connectivity index (χ0) is 34.0. The predicted molar refractivity (Wildman–Crippen MR) is 156 cm³/mol. The van der Waals surface area contributed by atoms with Gasteiger partial charge < -0.3 is 21.1 Å². The van der Waals surface area contributed by atoms with Gasteiger partial charge in [0.1, 0.15) is 6.04 Å². The Hall–Kier alpha value is -3.16. The number of ether oxygens (including phenoxy) is 1. The van der Waals surface area contributed by atoms with Crippen LogP contribution in [-0.2, 0) is 31.5 Å². The topological polar surface area (TPSA) is 128 Å². The zero-order valence-electron chi connectivity index (χ0n) is 25.9. The maximum Gasteiger partial charge on any atom is 0.417 e. The largest absolute Gasteiger partial charge is 0.454 e. The molecule has 0 aromatic heterocycles. The molecule has 0 aliphatic carbocycles. The highest BCUT2D eigenvalue weighted by molar-refractivity contribution is 5.97. The average Bonchev–Trinajstić information content (AvgIpc) is 2.97. The third kappa shape index (κ3) is 15.1. The van der Waals surface area contributed by atoms with Crippen LogP contribution in [0.1, 0.15) is 119 Å². The summed E-state index contributed by atoms with van der Waals surface area (Å²) in [6, 6.07) is -1.24. The van der Waals surface area contributed by atoms with Crippen LogP contribution in [0, 0.1) is 0 Å². The van der Waals surface area contributed by atoms with Crippen molar-refractivity contribution >= 4 is 23.6 Å². The van der Waals surface area contributed by atoms with E-state index in [4.69, 9.17) is 5.73 Å². The van der Waals surface area contributed by atoms with Crippen molar-refractivity contribution < 1.29 is 50.3 Å². The van der Waals surface area contributed by atoms with E-state index in [2.05, 4.69) is 22.3 Å². The lowest BCUT2D eigenvalue weighted by molar-refractivity contribution is -0.144. The van der Waals surface area contributed by atoms with E-state index in [-0.39, 0.29) is 18.7 Å². The third-order valence-electron chi connectivity index (χ3n) is 7.17. The molecule has 2 atom stereocenters. The number of hydrogen-bond donors (Lipinski definition) is 3. The maximum absolute atomic E-state index is 13.4. The number of Topliss-reactive ketones (excluding diaryl/α,β-unsaturated/α-hetero) is 1. The van der Waals surface area contributed by atoms with E-state index in [9.17, 15) is 45.5 Å². The molecule has 1 rings (SSSR count). The summed E-state index contributed by atoms with van der Waals surface area (Å²) in [6.45, 7) is 2.52. The Balaban J connectivity index is 2.74. The number of alkyl halides is 6. The Bertz CT molecular complexity index is 1060. The number of benzene rings is 1. The van der Waals surface area contributed by atoms with E-state index < -0.39 is 65.4 Å². The van der Waals surface area contributed by atoms with Crippen molar-refractivity contribution in [1.82, 2.24) is 10.6 Å². The number of carbonyl (C=O) groups is 4. The van der Waals surface area contributed by atoms with Crippen LogP contribution in [0.3, 0.4) is 0 Å². The maximum atomic E-state index is 13.4. The van der Waals surface area contributed by atoms with Crippen LogP contribution in [-0.4, -0.2) is 48.8 Å². The van der Waals surface area contributed by atoms with Gasteiger partial charge in [-0.1, -0.05) is 64.4 Å². The van der Waals surface area contributed by atoms with Gasteiger partial charge in [-0.3, -0.25) is 14.4 Å². The molecule has 0 aliphatic heterocycles. The van der Waals surface area contributed by atoms with Gasteiger partial charge in [0.15, 0.2) is 12.4 Å². The highest BCUT2D eigenvalue weighted by Gasteiger charge is 2.43. The minimum atomic E-state index is -5.31. The highest BCUT2D eigenvalue weighted by atomic mass is 19.4. The second-order valence-electron chi connectivity index (χ2n) is 11.0. The zero-order valence-corrected chi connectivity index (χ0v) is 25.9. The second-order valence-corrected chi connectivity index (χ2v) is 11.0. The number of halogens is 6. The van der Waals surface area contributed by atoms with Gasteiger partial charge in [-0.15, -0.1) is 0 Å². The lowest BCUT2D eigenvalue weighted by atomic mass is 10.00. The van der Waals surface area contributed by atoms with E-state index in [1.54, 1.807) is 0 Å². The van der Waals surface area contributed by atoms with E-state index >= 15 is 0 Å². The molecule has 0 spiro atoms. The normalized spacial score (nSPS) is 13.2. The first-order valence-electron chi connectivity index (χ1n) is 15.4. The first-order chi connectivity index (χ1) is 21.1. The molecule has 0 unspecified atom stereocenters. The summed E-state index contributed by atoms with van der Waals surface area (Å²) in [5, 5.41) is 5.02. The molecule has 4 N–H and O–H groups in total. The molecule has 0 bridgehead atoms. The Labute approximate surface area is 260 Å². The Morgan fingerprint density at radius 2 is 1.33 bits per heavy atom. The summed E-state index contributed by atoms with van der Waals surface area (Å²) in [6.07, 6.45) is 0.473. The predicted octanol–water partition coefficient (Wildman–Crippen LogP) is 6.49. The summed E-state index contributed by atoms with van der Waals surface area (Å²) in [7, 11) is 0. The van der Waals surface area contributed by atoms with E-state index in [0.717, 1.165) is 25.7 Å². The number of nitrogens with two attached hydrogens (primary N) is 1. The molecular formula is C31H45F6N3O5.